The third-order valence-electron chi connectivity index (χ3n) is 10.4. The van der Waals surface area contributed by atoms with E-state index in [2.05, 4.69) is 0 Å². The van der Waals surface area contributed by atoms with E-state index in [9.17, 15) is 33.5 Å². The number of ether oxygens (including phenoxy) is 1. The number of nitrogens with zero attached hydrogens (tertiary/aromatic N) is 2. The van der Waals surface area contributed by atoms with Gasteiger partial charge in [-0.25, -0.2) is 9.29 Å². The number of aromatic hydroxyl groups is 1. The van der Waals surface area contributed by atoms with Crippen LogP contribution in [0.1, 0.15) is 56.9 Å². The maximum absolute atomic E-state index is 14.5. The first-order valence-electron chi connectivity index (χ1n) is 15.4. The van der Waals surface area contributed by atoms with Crippen molar-refractivity contribution in [2.45, 2.75) is 51.4 Å². The molecule has 2 N–H and O–H groups in total. The van der Waals surface area contributed by atoms with Crippen molar-refractivity contribution in [3.05, 3.63) is 64.5 Å². The van der Waals surface area contributed by atoms with Crippen LogP contribution in [0, 0.1) is 34.9 Å². The van der Waals surface area contributed by atoms with E-state index in [1.165, 1.54) is 30.2 Å². The molecule has 2 aromatic rings. The number of imide groups is 2. The highest BCUT2D eigenvalue weighted by Gasteiger charge is 2.68. The number of phenols is 1. The van der Waals surface area contributed by atoms with Gasteiger partial charge in [0.05, 0.1) is 41.0 Å². The SMILES string of the molecule is COc1cccc(O)c1[C@H]1C2=CC[C@@H]3C(=O)N(CCCCCC(=O)O)C(=O)[C@@H]3[C@@H]2C[C@H]2C(=O)N(c3ccc(F)c(Cl)c3)C(=O)[C@@]12C. The maximum atomic E-state index is 14.5. The minimum absolute atomic E-state index is 0.00767. The molecule has 242 valence electrons. The molecule has 2 aromatic carbocycles. The minimum atomic E-state index is -1.44. The number of allylic oxidation sites excluding steroid dienone is 2. The molecule has 12 heteroatoms. The summed E-state index contributed by atoms with van der Waals surface area (Å²) in [5, 5.41) is 19.9. The number of halogens is 2. The first-order valence-corrected chi connectivity index (χ1v) is 15.8. The highest BCUT2D eigenvalue weighted by atomic mass is 35.5. The van der Waals surface area contributed by atoms with Gasteiger partial charge in [-0.05, 0) is 68.9 Å². The second-order valence-corrected chi connectivity index (χ2v) is 13.1. The van der Waals surface area contributed by atoms with Gasteiger partial charge in [0, 0.05) is 24.4 Å². The number of unbranched alkanes of at least 4 members (excludes halogenated alkanes) is 2. The molecule has 4 aliphatic rings. The molecule has 2 aliphatic carbocycles. The van der Waals surface area contributed by atoms with Crippen LogP contribution in [0.3, 0.4) is 0 Å². The van der Waals surface area contributed by atoms with Crippen molar-refractivity contribution in [2.24, 2.45) is 29.1 Å². The van der Waals surface area contributed by atoms with Crippen LogP contribution >= 0.6 is 11.6 Å². The Morgan fingerprint density at radius 3 is 2.52 bits per heavy atom. The first kappa shape index (κ1) is 31.7. The van der Waals surface area contributed by atoms with Crippen molar-refractivity contribution < 1.29 is 43.3 Å². The van der Waals surface area contributed by atoms with Crippen molar-refractivity contribution in [1.82, 2.24) is 4.90 Å². The zero-order chi connectivity index (χ0) is 33.1. The Labute approximate surface area is 269 Å². The predicted octanol–water partition coefficient (Wildman–Crippen LogP) is 5.07. The van der Waals surface area contributed by atoms with Crippen LogP contribution in [-0.2, 0) is 24.0 Å². The Morgan fingerprint density at radius 2 is 1.83 bits per heavy atom. The van der Waals surface area contributed by atoms with Crippen molar-refractivity contribution in [3.8, 4) is 11.5 Å². The van der Waals surface area contributed by atoms with Crippen LogP contribution in [0.4, 0.5) is 10.1 Å². The van der Waals surface area contributed by atoms with Crippen molar-refractivity contribution in [1.29, 1.82) is 0 Å². The normalized spacial score (nSPS) is 28.6. The average Bonchev–Trinajstić information content (AvgIpc) is 3.38. The lowest BCUT2D eigenvalue weighted by Crippen LogP contribution is -2.49. The number of carboxylic acid groups (broad SMARTS) is 1. The number of fused-ring (bicyclic) bond motifs is 4. The van der Waals surface area contributed by atoms with Gasteiger partial charge in [-0.1, -0.05) is 35.7 Å². The molecule has 0 unspecified atom stereocenters. The highest BCUT2D eigenvalue weighted by Crippen LogP contribution is 2.65. The monoisotopic (exact) mass is 652 g/mol. The Morgan fingerprint density at radius 1 is 1.07 bits per heavy atom. The fraction of sp³-hybridized carbons (Fsp3) is 0.441. The Balaban J connectivity index is 1.42. The molecule has 0 radical (unpaired) electrons. The van der Waals surface area contributed by atoms with Gasteiger partial charge in [-0.2, -0.15) is 0 Å². The van der Waals surface area contributed by atoms with E-state index >= 15 is 0 Å². The molecule has 0 spiro atoms. The number of carbonyl (C=O) groups excluding carboxylic acids is 4. The lowest BCUT2D eigenvalue weighted by Gasteiger charge is -2.49. The topological polar surface area (TPSA) is 142 Å². The molecule has 4 amide bonds. The molecular weight excluding hydrogens is 619 g/mol. The van der Waals surface area contributed by atoms with Crippen LogP contribution in [0.5, 0.6) is 11.5 Å². The summed E-state index contributed by atoms with van der Waals surface area (Å²) in [4.78, 5) is 69.4. The molecule has 1 saturated carbocycles. The summed E-state index contributed by atoms with van der Waals surface area (Å²) >= 11 is 6.05. The number of amides is 4. The van der Waals surface area contributed by atoms with Crippen molar-refractivity contribution in [3.63, 3.8) is 0 Å². The number of benzene rings is 2. The fourth-order valence-electron chi connectivity index (χ4n) is 8.20. The van der Waals surface area contributed by atoms with Crippen molar-refractivity contribution >= 4 is 46.9 Å². The van der Waals surface area contributed by atoms with Crippen LogP contribution < -0.4 is 9.64 Å². The Kier molecular flexibility index (Phi) is 8.16. The largest absolute Gasteiger partial charge is 0.508 e. The fourth-order valence-corrected chi connectivity index (χ4v) is 8.38. The average molecular weight is 653 g/mol. The van der Waals surface area contributed by atoms with Gasteiger partial charge in [-0.3, -0.25) is 28.9 Å². The lowest BCUT2D eigenvalue weighted by atomic mass is 9.51. The summed E-state index contributed by atoms with van der Waals surface area (Å²) < 4.78 is 19.7. The van der Waals surface area contributed by atoms with Gasteiger partial charge in [-0.15, -0.1) is 0 Å². The summed E-state index contributed by atoms with van der Waals surface area (Å²) in [5.41, 5.74) is -0.339. The number of hydrogen-bond acceptors (Lipinski definition) is 7. The quantitative estimate of drug-likeness (QED) is 0.217. The number of aliphatic carboxylic acids is 1. The van der Waals surface area contributed by atoms with Crippen LogP contribution in [0.2, 0.25) is 5.02 Å². The first-order chi connectivity index (χ1) is 21.9. The van der Waals surface area contributed by atoms with Gasteiger partial charge >= 0.3 is 5.97 Å². The van der Waals surface area contributed by atoms with E-state index in [-0.39, 0.29) is 54.1 Å². The summed E-state index contributed by atoms with van der Waals surface area (Å²) in [7, 11) is 1.44. The van der Waals surface area contributed by atoms with Crippen LogP contribution in [0.15, 0.2) is 48.0 Å². The molecule has 3 fully saturated rings. The van der Waals surface area contributed by atoms with E-state index in [0.29, 0.717) is 36.1 Å². The minimum Gasteiger partial charge on any atom is -0.508 e. The molecule has 2 aliphatic heterocycles. The summed E-state index contributed by atoms with van der Waals surface area (Å²) in [6, 6.07) is 8.34. The number of rotatable bonds is 9. The van der Waals surface area contributed by atoms with E-state index in [4.69, 9.17) is 21.4 Å². The summed E-state index contributed by atoms with van der Waals surface area (Å²) in [5.74, 6) is -7.05. The lowest BCUT2D eigenvalue weighted by molar-refractivity contribution is -0.141. The second-order valence-electron chi connectivity index (χ2n) is 12.7. The number of hydrogen-bond donors (Lipinski definition) is 2. The number of phenolic OH excluding ortho intramolecular Hbond substituents is 1. The molecule has 6 atom stereocenters. The number of methoxy groups -OCH3 is 1. The third-order valence-corrected chi connectivity index (χ3v) is 10.6. The maximum Gasteiger partial charge on any atom is 0.303 e. The number of likely N-dealkylation sites (tertiary alicyclic amines) is 1. The van der Waals surface area contributed by atoms with E-state index in [1.807, 2.05) is 6.08 Å². The molecule has 0 bridgehead atoms. The van der Waals surface area contributed by atoms with Gasteiger partial charge in [0.1, 0.15) is 17.3 Å². The van der Waals surface area contributed by atoms with Gasteiger partial charge in [0.25, 0.3) is 0 Å². The Bertz CT molecular complexity index is 1690. The third kappa shape index (κ3) is 4.78. The molecular formula is C34H34ClFN2O8. The van der Waals surface area contributed by atoms with Crippen LogP contribution in [-0.4, -0.2) is 58.4 Å². The molecule has 2 saturated heterocycles. The standard InChI is InChI=1S/C34H34ClFN2O8/c1-34-21(31(43)38(33(34)45)17-10-13-23(36)22(35)15-17)16-20-18(29(34)28-24(39)7-6-8-25(28)46-2)11-12-19-27(20)32(44)37(30(19)42)14-5-3-4-9-26(40)41/h6-8,10-11,13,15,19-21,27,29,39H,3-5,9,12,14,16H2,1-2H3,(H,40,41)/t19-,20+,21-,27-,29+,34+/m0/s1. The Hall–Kier alpha value is -4.25. The molecule has 2 heterocycles. The molecule has 0 aromatic heterocycles. The van der Waals surface area contributed by atoms with E-state index in [1.54, 1.807) is 19.1 Å². The summed E-state index contributed by atoms with van der Waals surface area (Å²) in [6.45, 7) is 1.84. The number of carboxylic acids is 1. The molecule has 46 heavy (non-hydrogen) atoms. The predicted molar refractivity (Wildman–Crippen MR) is 164 cm³/mol. The second kappa shape index (κ2) is 11.8. The highest BCUT2D eigenvalue weighted by molar-refractivity contribution is 6.31. The smallest absolute Gasteiger partial charge is 0.303 e. The van der Waals surface area contributed by atoms with Gasteiger partial charge < -0.3 is 14.9 Å². The zero-order valence-electron chi connectivity index (χ0n) is 25.4. The number of anilines is 1. The zero-order valence-corrected chi connectivity index (χ0v) is 26.1. The van der Waals surface area contributed by atoms with E-state index in [0.717, 1.165) is 11.0 Å². The molecule has 6 rings (SSSR count). The van der Waals surface area contributed by atoms with Crippen molar-refractivity contribution in [2.75, 3.05) is 18.6 Å². The molecule has 10 nitrogen and oxygen atoms in total. The van der Waals surface area contributed by atoms with Crippen LogP contribution in [0.25, 0.3) is 0 Å². The summed E-state index contributed by atoms with van der Waals surface area (Å²) in [6.07, 6.45) is 3.68. The number of carbonyl (C=O) groups is 5. The van der Waals surface area contributed by atoms with E-state index < -0.39 is 58.6 Å². The van der Waals surface area contributed by atoms with Gasteiger partial charge in [0.2, 0.25) is 23.6 Å². The van der Waals surface area contributed by atoms with Gasteiger partial charge in [0.15, 0.2) is 0 Å².